The highest BCUT2D eigenvalue weighted by Crippen LogP contribution is 2.33. The molecule has 28 heteroatoms. The average Bonchev–Trinajstić information content (AvgIpc) is 3.19. The van der Waals surface area contributed by atoms with Crippen LogP contribution in [0, 0.1) is 34.5 Å². The number of fused-ring (bicyclic) bond motifs is 4. The van der Waals surface area contributed by atoms with Crippen LogP contribution in [0.3, 0.4) is 0 Å². The van der Waals surface area contributed by atoms with E-state index in [0.29, 0.717) is 104 Å². The van der Waals surface area contributed by atoms with Crippen LogP contribution < -0.4 is 10.6 Å². The molecule has 0 saturated carbocycles. The van der Waals surface area contributed by atoms with E-state index in [-0.39, 0.29) is 60.1 Å². The van der Waals surface area contributed by atoms with Gasteiger partial charge in [-0.05, 0) is 77.1 Å². The highest BCUT2D eigenvalue weighted by atomic mass is 35.5. The molecule has 0 spiro atoms. The van der Waals surface area contributed by atoms with E-state index >= 15 is 0 Å². The summed E-state index contributed by atoms with van der Waals surface area (Å²) in [5, 5.41) is 44.1. The van der Waals surface area contributed by atoms with Gasteiger partial charge in [-0.1, -0.05) is 42.8 Å². The maximum atomic E-state index is 13.7. The van der Waals surface area contributed by atoms with E-state index in [9.17, 15) is 33.9 Å². The minimum absolute atomic E-state index is 0.152. The molecule has 0 bridgehead atoms. The molecule has 4 amide bonds. The van der Waals surface area contributed by atoms with Crippen molar-refractivity contribution in [2.45, 2.75) is 97.8 Å². The molecule has 0 aliphatic carbocycles. The summed E-state index contributed by atoms with van der Waals surface area (Å²) in [5.74, 6) is -3.44. The van der Waals surface area contributed by atoms with Gasteiger partial charge < -0.3 is 44.6 Å². The van der Waals surface area contributed by atoms with Gasteiger partial charge in [0.1, 0.15) is 71.3 Å². The molecule has 4 N–H and O–H groups in total. The highest BCUT2D eigenvalue weighted by molar-refractivity contribution is 6.76. The lowest BCUT2D eigenvalue weighted by Gasteiger charge is -2.37. The number of carboxylic acid groups (broad SMARTS) is 1. The number of H-pyrrole nitrogens is 1. The number of likely N-dealkylation sites (tertiary alicyclic amines) is 2. The second-order valence-electron chi connectivity index (χ2n) is 22.8. The topological polar surface area (TPSA) is 327 Å². The molecule has 10 rings (SSSR count). The molecule has 2 aromatic carbocycles. The first-order valence-corrected chi connectivity index (χ1v) is 31.3. The fraction of sp³-hybridized carbons (Fsp3) is 0.393. The van der Waals surface area contributed by atoms with E-state index in [1.165, 1.54) is 26.7 Å². The van der Waals surface area contributed by atoms with Crippen molar-refractivity contribution < 1.29 is 43.3 Å². The van der Waals surface area contributed by atoms with E-state index in [1.807, 2.05) is 0 Å². The standard InChI is InChI=1S/C33H41ClN8O5Si.C23H19ClN8O4/c1-20(32(45)40-15-21(13-35)16-40)37-31(44)24-17-41(19-46-10-11-48(5,6)7)30-29(24)38-25(14-36-30)28-23-9-8-22(34)12-26(23)42(39-28)18-27(43)47-33(2,3)4;1-11(23(36)31-8-12(5-25)9-31)28-22(35)15-6-26-21-20(15)29-16(7-27-21)19-14-3-2-13(24)4-17(14)32(30-19)10-18(33)34/h8-9,12,14,17,20-21H,10-11,15-16,18-19H2,1-7H3,(H,37,44);2-4,6-7,11-12H,8-10H2,1H3,(H,26,27)(H,28,35)(H,33,34)/t20-;11-/m11/s1. The third-order valence-corrected chi connectivity index (χ3v) is 15.9. The number of nitrogens with zero attached hydrogens (tertiary/aromatic N) is 13. The minimum atomic E-state index is -1.32. The number of carbonyl (C=O) groups excluding carboxylic acids is 5. The molecule has 0 radical (unpaired) electrons. The van der Waals surface area contributed by atoms with E-state index in [1.54, 1.807) is 92.9 Å². The van der Waals surface area contributed by atoms with E-state index in [4.69, 9.17) is 58.3 Å². The quantitative estimate of drug-likeness (QED) is 0.0420. The van der Waals surface area contributed by atoms with Crippen LogP contribution in [-0.2, 0) is 48.5 Å². The Morgan fingerprint density at radius 2 is 1.29 bits per heavy atom. The summed E-state index contributed by atoms with van der Waals surface area (Å²) in [6, 6.07) is 13.8. The Bertz CT molecular complexity index is 4000. The number of aromatic nitrogens is 10. The van der Waals surface area contributed by atoms with Gasteiger partial charge in [0.15, 0.2) is 11.3 Å². The van der Waals surface area contributed by atoms with Crippen molar-refractivity contribution in [3.8, 4) is 34.9 Å². The van der Waals surface area contributed by atoms with Gasteiger partial charge in [0.25, 0.3) is 11.8 Å². The van der Waals surface area contributed by atoms with Crippen LogP contribution in [-0.4, -0.2) is 158 Å². The average molecular weight is 1200 g/mol. The van der Waals surface area contributed by atoms with Gasteiger partial charge in [-0.15, -0.1) is 0 Å². The predicted molar refractivity (Wildman–Crippen MR) is 312 cm³/mol. The Morgan fingerprint density at radius 3 is 1.80 bits per heavy atom. The summed E-state index contributed by atoms with van der Waals surface area (Å²) in [4.78, 5) is 101. The number of benzene rings is 2. The number of amides is 4. The molecular formula is C56H60Cl2N16O9Si. The van der Waals surface area contributed by atoms with Gasteiger partial charge in [0.05, 0.1) is 58.5 Å². The Balaban J connectivity index is 0.000000210. The molecule has 2 aliphatic rings. The summed E-state index contributed by atoms with van der Waals surface area (Å²) < 4.78 is 16.1. The van der Waals surface area contributed by atoms with Crippen molar-refractivity contribution >= 4 is 111 Å². The molecule has 436 valence electrons. The third-order valence-electron chi connectivity index (χ3n) is 13.7. The highest BCUT2D eigenvalue weighted by Gasteiger charge is 2.36. The summed E-state index contributed by atoms with van der Waals surface area (Å²) in [6.07, 6.45) is 6.13. The summed E-state index contributed by atoms with van der Waals surface area (Å²) in [7, 11) is -1.32. The van der Waals surface area contributed by atoms with Crippen molar-refractivity contribution in [3.05, 3.63) is 82.4 Å². The van der Waals surface area contributed by atoms with Crippen molar-refractivity contribution in [2.75, 3.05) is 32.8 Å². The van der Waals surface area contributed by atoms with Crippen LogP contribution in [0.5, 0.6) is 0 Å². The fourth-order valence-electron chi connectivity index (χ4n) is 9.39. The molecule has 25 nitrogen and oxygen atoms in total. The Labute approximate surface area is 491 Å². The number of rotatable bonds is 17. The summed E-state index contributed by atoms with van der Waals surface area (Å²) in [5.41, 5.74) is 3.75. The molecule has 2 atom stereocenters. The van der Waals surface area contributed by atoms with Crippen molar-refractivity contribution in [1.82, 2.24) is 69.5 Å². The number of carboxylic acids is 1. The molecule has 2 saturated heterocycles. The number of hydrogen-bond donors (Lipinski definition) is 4. The van der Waals surface area contributed by atoms with E-state index in [2.05, 4.69) is 62.5 Å². The number of hydrogen-bond acceptors (Lipinski definition) is 16. The molecule has 2 fully saturated rings. The summed E-state index contributed by atoms with van der Waals surface area (Å²) >= 11 is 12.4. The molecule has 8 aromatic rings. The van der Waals surface area contributed by atoms with Crippen molar-refractivity contribution in [3.63, 3.8) is 0 Å². The van der Waals surface area contributed by atoms with Gasteiger partial charge in [0, 0.05) is 74.1 Å². The number of carbonyl (C=O) groups is 6. The SMILES string of the molecule is C[C@@H](NC(=O)c1c[nH]c2ncc(-c3nn(CC(=O)O)c4cc(Cl)ccc34)nc12)C(=O)N1CC(C#N)C1.C[C@@H](NC(=O)c1cn(COCC[Si](C)(C)C)c2ncc(-c3nn(CC(=O)OC(C)(C)C)c4cc(Cl)ccc34)nc12)C(=O)N1CC(C#N)C1. The predicted octanol–water partition coefficient (Wildman–Crippen LogP) is 6.67. The van der Waals surface area contributed by atoms with Crippen LogP contribution in [0.4, 0.5) is 0 Å². The molecule has 0 unspecified atom stereocenters. The van der Waals surface area contributed by atoms with Crippen molar-refractivity contribution in [2.24, 2.45) is 11.8 Å². The number of halogens is 2. The first-order chi connectivity index (χ1) is 39.8. The number of nitrogens with one attached hydrogen (secondary N) is 3. The number of nitriles is 2. The number of esters is 1. The summed E-state index contributed by atoms with van der Waals surface area (Å²) in [6.45, 7) is 17.0. The lowest BCUT2D eigenvalue weighted by Crippen LogP contribution is -2.55. The van der Waals surface area contributed by atoms with Crippen LogP contribution in [0.2, 0.25) is 35.7 Å². The fourth-order valence-corrected chi connectivity index (χ4v) is 10.5. The van der Waals surface area contributed by atoms with Gasteiger partial charge in [-0.3, -0.25) is 38.1 Å². The second kappa shape index (κ2) is 24.2. The second-order valence-corrected chi connectivity index (χ2v) is 29.3. The van der Waals surface area contributed by atoms with E-state index < -0.39 is 49.5 Å². The van der Waals surface area contributed by atoms with E-state index in [0.717, 1.165) is 6.04 Å². The Hall–Kier alpha value is -8.82. The van der Waals surface area contributed by atoms with Gasteiger partial charge >= 0.3 is 11.9 Å². The maximum Gasteiger partial charge on any atom is 0.328 e. The molecule has 8 heterocycles. The van der Waals surface area contributed by atoms with Gasteiger partial charge in [0.2, 0.25) is 11.8 Å². The number of aliphatic carboxylic acids is 1. The van der Waals surface area contributed by atoms with Gasteiger partial charge in [-0.2, -0.15) is 20.7 Å². The molecule has 2 aliphatic heterocycles. The number of ether oxygens (including phenoxy) is 2. The zero-order valence-corrected chi connectivity index (χ0v) is 49.7. The number of aromatic amines is 1. The smallest absolute Gasteiger partial charge is 0.328 e. The monoisotopic (exact) mass is 1200 g/mol. The van der Waals surface area contributed by atoms with Crippen LogP contribution in [0.15, 0.2) is 61.2 Å². The minimum Gasteiger partial charge on any atom is -0.480 e. The first kappa shape index (κ1) is 59.8. The van der Waals surface area contributed by atoms with Crippen LogP contribution in [0.25, 0.3) is 66.9 Å². The largest absolute Gasteiger partial charge is 0.480 e. The normalized spacial score (nSPS) is 14.5. The zero-order chi connectivity index (χ0) is 60.5. The first-order valence-electron chi connectivity index (χ1n) is 26.8. The lowest BCUT2D eigenvalue weighted by molar-refractivity contribution is -0.155. The Morgan fingerprint density at radius 1 is 0.774 bits per heavy atom. The van der Waals surface area contributed by atoms with Crippen LogP contribution in [0.1, 0.15) is 55.3 Å². The zero-order valence-electron chi connectivity index (χ0n) is 47.2. The van der Waals surface area contributed by atoms with Crippen molar-refractivity contribution in [1.29, 1.82) is 10.5 Å². The molecule has 84 heavy (non-hydrogen) atoms. The lowest BCUT2D eigenvalue weighted by atomic mass is 10.0. The van der Waals surface area contributed by atoms with Crippen LogP contribution >= 0.6 is 23.2 Å². The maximum absolute atomic E-state index is 13.7. The van der Waals surface area contributed by atoms with Gasteiger partial charge in [-0.25, -0.2) is 19.9 Å². The Kier molecular flexibility index (Phi) is 17.2. The third kappa shape index (κ3) is 13.3. The molecule has 6 aromatic heterocycles. The molecular weight excluding hydrogens is 1140 g/mol.